The zero-order chi connectivity index (χ0) is 8.81. The van der Waals surface area contributed by atoms with Gasteiger partial charge in [-0.15, -0.1) is 0 Å². The van der Waals surface area contributed by atoms with E-state index in [0.717, 1.165) is 12.8 Å². The SMILES string of the molecule is O=C(CBr)C1CCCCCCC1. The van der Waals surface area contributed by atoms with Crippen LogP contribution in [-0.2, 0) is 4.79 Å². The van der Waals surface area contributed by atoms with Crippen LogP contribution in [0, 0.1) is 5.92 Å². The largest absolute Gasteiger partial charge is 0.298 e. The Balaban J connectivity index is 2.34. The number of carbonyl (C=O) groups excluding carboxylic acids is 1. The highest BCUT2D eigenvalue weighted by Gasteiger charge is 2.17. The number of Topliss-reactive ketones (excluding diaryl/α,β-unsaturated/α-hetero) is 1. The van der Waals surface area contributed by atoms with Crippen molar-refractivity contribution >= 4 is 21.7 Å². The average Bonchev–Trinajstić information content (AvgIpc) is 2.02. The molecule has 0 bridgehead atoms. The average molecular weight is 233 g/mol. The maximum absolute atomic E-state index is 11.4. The van der Waals surface area contributed by atoms with Crippen molar-refractivity contribution in [3.63, 3.8) is 0 Å². The van der Waals surface area contributed by atoms with E-state index < -0.39 is 0 Å². The predicted molar refractivity (Wildman–Crippen MR) is 54.6 cm³/mol. The second-order valence-corrected chi connectivity index (χ2v) is 4.20. The Labute approximate surface area is 83.0 Å². The lowest BCUT2D eigenvalue weighted by Gasteiger charge is -2.17. The summed E-state index contributed by atoms with van der Waals surface area (Å²) in [5.41, 5.74) is 0. The Morgan fingerprint density at radius 3 is 2.08 bits per heavy atom. The van der Waals surface area contributed by atoms with Gasteiger partial charge in [0.25, 0.3) is 0 Å². The van der Waals surface area contributed by atoms with Crippen molar-refractivity contribution in [2.24, 2.45) is 5.92 Å². The summed E-state index contributed by atoms with van der Waals surface area (Å²) in [6.07, 6.45) is 8.79. The van der Waals surface area contributed by atoms with Crippen molar-refractivity contribution in [3.05, 3.63) is 0 Å². The van der Waals surface area contributed by atoms with E-state index in [0.29, 0.717) is 17.0 Å². The fraction of sp³-hybridized carbons (Fsp3) is 0.900. The van der Waals surface area contributed by atoms with Crippen LogP contribution in [0.2, 0.25) is 0 Å². The molecule has 1 aliphatic rings. The van der Waals surface area contributed by atoms with Crippen LogP contribution in [0.5, 0.6) is 0 Å². The summed E-state index contributed by atoms with van der Waals surface area (Å²) in [4.78, 5) is 11.4. The summed E-state index contributed by atoms with van der Waals surface area (Å²) in [5.74, 6) is 0.779. The highest BCUT2D eigenvalue weighted by Crippen LogP contribution is 2.23. The third-order valence-corrected chi connectivity index (χ3v) is 3.24. The molecule has 0 heterocycles. The standard InChI is InChI=1S/C10H17BrO/c11-8-10(12)9-6-4-2-1-3-5-7-9/h9H,1-8H2. The van der Waals surface area contributed by atoms with Gasteiger partial charge in [0, 0.05) is 5.92 Å². The number of hydrogen-bond donors (Lipinski definition) is 0. The Bertz CT molecular complexity index is 137. The van der Waals surface area contributed by atoms with Crippen molar-refractivity contribution in [3.8, 4) is 0 Å². The molecule has 0 radical (unpaired) electrons. The lowest BCUT2D eigenvalue weighted by molar-refractivity contribution is -0.120. The molecule has 0 spiro atoms. The highest BCUT2D eigenvalue weighted by atomic mass is 79.9. The van der Waals surface area contributed by atoms with E-state index in [1.165, 1.54) is 32.1 Å². The molecule has 1 fully saturated rings. The summed E-state index contributed by atoms with van der Waals surface area (Å²) >= 11 is 3.25. The third kappa shape index (κ3) is 3.26. The van der Waals surface area contributed by atoms with Crippen molar-refractivity contribution in [2.75, 3.05) is 5.33 Å². The molecular weight excluding hydrogens is 216 g/mol. The first-order chi connectivity index (χ1) is 5.84. The molecule has 0 unspecified atom stereocenters. The number of halogens is 1. The molecule has 0 amide bonds. The van der Waals surface area contributed by atoms with Gasteiger partial charge in [-0.25, -0.2) is 0 Å². The number of alkyl halides is 1. The summed E-state index contributed by atoms with van der Waals surface area (Å²) in [6, 6.07) is 0. The Morgan fingerprint density at radius 2 is 1.58 bits per heavy atom. The van der Waals surface area contributed by atoms with Gasteiger partial charge in [0.1, 0.15) is 5.78 Å². The molecule has 0 aromatic rings. The topological polar surface area (TPSA) is 17.1 Å². The zero-order valence-electron chi connectivity index (χ0n) is 7.52. The molecule has 2 heteroatoms. The summed E-state index contributed by atoms with van der Waals surface area (Å²) in [7, 11) is 0. The first-order valence-corrected chi connectivity index (χ1v) is 6.05. The van der Waals surface area contributed by atoms with Gasteiger partial charge < -0.3 is 0 Å². The first kappa shape index (κ1) is 10.2. The molecule has 0 saturated heterocycles. The van der Waals surface area contributed by atoms with Crippen LogP contribution in [0.1, 0.15) is 44.9 Å². The number of rotatable bonds is 2. The Kier molecular flexibility index (Phi) is 4.89. The molecule has 1 rings (SSSR count). The quantitative estimate of drug-likeness (QED) is 0.668. The van der Waals surface area contributed by atoms with Crippen LogP contribution in [-0.4, -0.2) is 11.1 Å². The van der Waals surface area contributed by atoms with Crippen LogP contribution in [0.3, 0.4) is 0 Å². The van der Waals surface area contributed by atoms with Crippen LogP contribution < -0.4 is 0 Å². The summed E-state index contributed by atoms with van der Waals surface area (Å²) in [5, 5.41) is 0.553. The second-order valence-electron chi connectivity index (χ2n) is 3.64. The predicted octanol–water partition coefficient (Wildman–Crippen LogP) is 3.31. The van der Waals surface area contributed by atoms with Crippen LogP contribution in [0.15, 0.2) is 0 Å². The Morgan fingerprint density at radius 1 is 1.08 bits per heavy atom. The van der Waals surface area contributed by atoms with Gasteiger partial charge in [-0.1, -0.05) is 48.0 Å². The van der Waals surface area contributed by atoms with Crippen molar-refractivity contribution in [1.29, 1.82) is 0 Å². The van der Waals surface area contributed by atoms with E-state index in [4.69, 9.17) is 0 Å². The van der Waals surface area contributed by atoms with E-state index in [1.54, 1.807) is 0 Å². The normalized spacial score (nSPS) is 21.4. The van der Waals surface area contributed by atoms with Crippen molar-refractivity contribution < 1.29 is 4.79 Å². The summed E-state index contributed by atoms with van der Waals surface area (Å²) < 4.78 is 0. The molecule has 0 atom stereocenters. The third-order valence-electron chi connectivity index (χ3n) is 2.69. The maximum Gasteiger partial charge on any atom is 0.146 e. The lowest BCUT2D eigenvalue weighted by Crippen LogP contribution is -2.16. The second kappa shape index (κ2) is 5.74. The van der Waals surface area contributed by atoms with Crippen LogP contribution >= 0.6 is 15.9 Å². The zero-order valence-corrected chi connectivity index (χ0v) is 9.11. The van der Waals surface area contributed by atoms with Gasteiger partial charge in [0.05, 0.1) is 5.33 Å². The molecule has 12 heavy (non-hydrogen) atoms. The van der Waals surface area contributed by atoms with Gasteiger partial charge in [-0.05, 0) is 12.8 Å². The molecule has 1 aliphatic carbocycles. The maximum atomic E-state index is 11.4. The molecule has 1 saturated carbocycles. The van der Waals surface area contributed by atoms with E-state index >= 15 is 0 Å². The highest BCUT2D eigenvalue weighted by molar-refractivity contribution is 9.09. The van der Waals surface area contributed by atoms with Crippen LogP contribution in [0.4, 0.5) is 0 Å². The molecule has 1 nitrogen and oxygen atoms in total. The minimum atomic E-state index is 0.365. The minimum absolute atomic E-state index is 0.365. The molecule has 0 aromatic heterocycles. The minimum Gasteiger partial charge on any atom is -0.298 e. The lowest BCUT2D eigenvalue weighted by atomic mass is 9.89. The molecule has 70 valence electrons. The van der Waals surface area contributed by atoms with E-state index in [1.807, 2.05) is 0 Å². The van der Waals surface area contributed by atoms with Gasteiger partial charge in [-0.2, -0.15) is 0 Å². The smallest absolute Gasteiger partial charge is 0.146 e. The molecule has 0 aromatic carbocycles. The number of carbonyl (C=O) groups is 1. The van der Waals surface area contributed by atoms with E-state index in [9.17, 15) is 4.79 Å². The van der Waals surface area contributed by atoms with Crippen molar-refractivity contribution in [2.45, 2.75) is 44.9 Å². The van der Waals surface area contributed by atoms with E-state index in [2.05, 4.69) is 15.9 Å². The monoisotopic (exact) mass is 232 g/mol. The van der Waals surface area contributed by atoms with Gasteiger partial charge >= 0.3 is 0 Å². The van der Waals surface area contributed by atoms with Gasteiger partial charge in [0.2, 0.25) is 0 Å². The van der Waals surface area contributed by atoms with Crippen molar-refractivity contribution in [1.82, 2.24) is 0 Å². The Hall–Kier alpha value is 0.150. The first-order valence-electron chi connectivity index (χ1n) is 4.93. The van der Waals surface area contributed by atoms with E-state index in [-0.39, 0.29) is 0 Å². The molecule has 0 aliphatic heterocycles. The number of hydrogen-bond acceptors (Lipinski definition) is 1. The fourth-order valence-corrected chi connectivity index (χ4v) is 2.35. The molecule has 0 N–H and O–H groups in total. The van der Waals surface area contributed by atoms with Gasteiger partial charge in [-0.3, -0.25) is 4.79 Å². The van der Waals surface area contributed by atoms with Gasteiger partial charge in [0.15, 0.2) is 0 Å². The summed E-state index contributed by atoms with van der Waals surface area (Å²) in [6.45, 7) is 0. The fourth-order valence-electron chi connectivity index (χ4n) is 1.89. The van der Waals surface area contributed by atoms with Crippen LogP contribution in [0.25, 0.3) is 0 Å². The molecular formula is C10H17BrO. The number of ketones is 1.